The molecule has 1 fully saturated rings. The van der Waals surface area contributed by atoms with Crippen molar-refractivity contribution in [2.45, 2.75) is 39.5 Å². The van der Waals surface area contributed by atoms with E-state index in [1.807, 2.05) is 37.8 Å². The van der Waals surface area contributed by atoms with E-state index in [-0.39, 0.29) is 12.5 Å². The van der Waals surface area contributed by atoms with Crippen LogP contribution < -0.4 is 5.32 Å². The number of piperidine rings is 1. The van der Waals surface area contributed by atoms with Gasteiger partial charge < -0.3 is 10.4 Å². The van der Waals surface area contributed by atoms with Gasteiger partial charge in [0.15, 0.2) is 0 Å². The first-order valence-electron chi connectivity index (χ1n) is 8.78. The standard InChI is InChI=1S/C18H24N6O2/c1-11-7-12(2)20-18(19-11)23-16-8-15(21-13(3)22-16)14-5-4-6-24(9-14)10-17(25)26/h7-8,14H,4-6,9-10H2,1-3H3,(H,25,26)(H,19,20,21,22,23). The Kier molecular flexibility index (Phi) is 5.41. The Hall–Kier alpha value is -2.61. The van der Waals surface area contributed by atoms with Crippen molar-refractivity contribution in [3.63, 3.8) is 0 Å². The molecule has 2 aromatic rings. The highest BCUT2D eigenvalue weighted by Gasteiger charge is 2.24. The maximum absolute atomic E-state index is 11.0. The zero-order valence-corrected chi connectivity index (χ0v) is 15.4. The Morgan fingerprint density at radius 3 is 2.62 bits per heavy atom. The van der Waals surface area contributed by atoms with Gasteiger partial charge in [-0.15, -0.1) is 0 Å². The molecule has 3 heterocycles. The van der Waals surface area contributed by atoms with Gasteiger partial charge >= 0.3 is 5.97 Å². The topological polar surface area (TPSA) is 104 Å². The maximum atomic E-state index is 11.0. The lowest BCUT2D eigenvalue weighted by Gasteiger charge is -2.31. The van der Waals surface area contributed by atoms with Crippen molar-refractivity contribution in [3.8, 4) is 0 Å². The number of likely N-dealkylation sites (tertiary alicyclic amines) is 1. The van der Waals surface area contributed by atoms with Gasteiger partial charge in [0.2, 0.25) is 5.95 Å². The molecule has 2 N–H and O–H groups in total. The molecule has 0 radical (unpaired) electrons. The molecule has 26 heavy (non-hydrogen) atoms. The normalized spacial score (nSPS) is 17.9. The summed E-state index contributed by atoms with van der Waals surface area (Å²) < 4.78 is 0. The SMILES string of the molecule is Cc1cc(C)nc(Nc2cc(C3CCCN(CC(=O)O)C3)nc(C)n2)n1. The monoisotopic (exact) mass is 356 g/mol. The summed E-state index contributed by atoms with van der Waals surface area (Å²) in [7, 11) is 0. The number of carbonyl (C=O) groups is 1. The molecule has 3 rings (SSSR count). The van der Waals surface area contributed by atoms with Crippen molar-refractivity contribution < 1.29 is 9.90 Å². The summed E-state index contributed by atoms with van der Waals surface area (Å²) in [5.74, 6) is 1.25. The Morgan fingerprint density at radius 1 is 1.19 bits per heavy atom. The van der Waals surface area contributed by atoms with Crippen LogP contribution in [0, 0.1) is 20.8 Å². The van der Waals surface area contributed by atoms with Crippen molar-refractivity contribution >= 4 is 17.7 Å². The molecule has 0 amide bonds. The molecule has 1 atom stereocenters. The minimum absolute atomic E-state index is 0.0715. The van der Waals surface area contributed by atoms with Gasteiger partial charge in [-0.3, -0.25) is 9.69 Å². The van der Waals surface area contributed by atoms with Crippen molar-refractivity contribution in [2.24, 2.45) is 0 Å². The summed E-state index contributed by atoms with van der Waals surface area (Å²) in [5.41, 5.74) is 2.71. The van der Waals surface area contributed by atoms with Gasteiger partial charge in [0.1, 0.15) is 11.6 Å². The van der Waals surface area contributed by atoms with Gasteiger partial charge in [0.05, 0.1) is 12.2 Å². The Labute approximate surface area is 152 Å². The average molecular weight is 356 g/mol. The largest absolute Gasteiger partial charge is 0.480 e. The molecule has 0 bridgehead atoms. The van der Waals surface area contributed by atoms with Crippen LogP contribution in [0.25, 0.3) is 0 Å². The minimum Gasteiger partial charge on any atom is -0.480 e. The first-order valence-corrected chi connectivity index (χ1v) is 8.78. The van der Waals surface area contributed by atoms with Crippen LogP contribution in [-0.2, 0) is 4.79 Å². The first kappa shape index (κ1) is 18.2. The zero-order chi connectivity index (χ0) is 18.7. The number of aromatic nitrogens is 4. The third-order valence-electron chi connectivity index (χ3n) is 4.36. The molecular weight excluding hydrogens is 332 g/mol. The van der Waals surface area contributed by atoms with Crippen LogP contribution in [0.2, 0.25) is 0 Å². The number of aliphatic carboxylic acids is 1. The highest BCUT2D eigenvalue weighted by molar-refractivity contribution is 5.69. The fourth-order valence-electron chi connectivity index (χ4n) is 3.39. The van der Waals surface area contributed by atoms with Crippen LogP contribution in [0.15, 0.2) is 12.1 Å². The number of nitrogens with zero attached hydrogens (tertiary/aromatic N) is 5. The molecule has 8 nitrogen and oxygen atoms in total. The molecule has 0 saturated carbocycles. The molecule has 2 aromatic heterocycles. The van der Waals surface area contributed by atoms with Crippen LogP contribution in [0.4, 0.5) is 11.8 Å². The Balaban J connectivity index is 1.79. The molecule has 138 valence electrons. The number of rotatable bonds is 5. The van der Waals surface area contributed by atoms with Crippen molar-refractivity contribution in [1.82, 2.24) is 24.8 Å². The maximum Gasteiger partial charge on any atom is 0.317 e. The van der Waals surface area contributed by atoms with Gasteiger partial charge in [-0.25, -0.2) is 19.9 Å². The lowest BCUT2D eigenvalue weighted by atomic mass is 9.94. The number of anilines is 2. The lowest BCUT2D eigenvalue weighted by molar-refractivity contribution is -0.138. The third kappa shape index (κ3) is 4.72. The minimum atomic E-state index is -0.793. The molecule has 1 saturated heterocycles. The summed E-state index contributed by atoms with van der Waals surface area (Å²) in [6.07, 6.45) is 1.95. The van der Waals surface area contributed by atoms with E-state index in [0.29, 0.717) is 24.1 Å². The summed E-state index contributed by atoms with van der Waals surface area (Å²) >= 11 is 0. The number of hydrogen-bond acceptors (Lipinski definition) is 7. The van der Waals surface area contributed by atoms with E-state index in [1.165, 1.54) is 0 Å². The average Bonchev–Trinajstić information content (AvgIpc) is 2.53. The van der Waals surface area contributed by atoms with Gasteiger partial charge in [-0.2, -0.15) is 0 Å². The van der Waals surface area contributed by atoms with E-state index >= 15 is 0 Å². The zero-order valence-electron chi connectivity index (χ0n) is 15.4. The van der Waals surface area contributed by atoms with Crippen LogP contribution in [0.1, 0.15) is 41.7 Å². The Morgan fingerprint density at radius 2 is 1.92 bits per heavy atom. The second kappa shape index (κ2) is 7.74. The van der Waals surface area contributed by atoms with E-state index in [1.54, 1.807) is 0 Å². The molecule has 0 aliphatic carbocycles. The summed E-state index contributed by atoms with van der Waals surface area (Å²) in [6, 6.07) is 3.84. The fourth-order valence-corrected chi connectivity index (χ4v) is 3.39. The lowest BCUT2D eigenvalue weighted by Crippen LogP contribution is -2.38. The second-order valence-corrected chi connectivity index (χ2v) is 6.79. The van der Waals surface area contributed by atoms with E-state index in [2.05, 4.69) is 25.3 Å². The highest BCUT2D eigenvalue weighted by atomic mass is 16.4. The van der Waals surface area contributed by atoms with Crippen LogP contribution in [0.3, 0.4) is 0 Å². The van der Waals surface area contributed by atoms with Crippen LogP contribution in [-0.4, -0.2) is 55.5 Å². The highest BCUT2D eigenvalue weighted by Crippen LogP contribution is 2.27. The van der Waals surface area contributed by atoms with Gasteiger partial charge in [0, 0.05) is 29.9 Å². The first-order chi connectivity index (χ1) is 12.4. The fraction of sp³-hybridized carbons (Fsp3) is 0.500. The van der Waals surface area contributed by atoms with Crippen LogP contribution >= 0.6 is 0 Å². The number of carboxylic acids is 1. The predicted molar refractivity (Wildman–Crippen MR) is 97.6 cm³/mol. The number of carboxylic acid groups (broad SMARTS) is 1. The van der Waals surface area contributed by atoms with E-state index < -0.39 is 5.97 Å². The van der Waals surface area contributed by atoms with Gasteiger partial charge in [0.25, 0.3) is 0 Å². The third-order valence-corrected chi connectivity index (χ3v) is 4.36. The molecule has 1 unspecified atom stereocenters. The second-order valence-electron chi connectivity index (χ2n) is 6.79. The van der Waals surface area contributed by atoms with E-state index in [9.17, 15) is 4.79 Å². The molecule has 0 aromatic carbocycles. The van der Waals surface area contributed by atoms with Crippen molar-refractivity contribution in [1.29, 1.82) is 0 Å². The quantitative estimate of drug-likeness (QED) is 0.840. The molecule has 1 aliphatic rings. The van der Waals surface area contributed by atoms with Gasteiger partial charge in [-0.05, 0) is 46.2 Å². The Bertz CT molecular complexity index is 790. The van der Waals surface area contributed by atoms with Crippen molar-refractivity contribution in [2.75, 3.05) is 25.0 Å². The predicted octanol–water partition coefficient (Wildman–Crippen LogP) is 2.20. The molecule has 8 heteroatoms. The van der Waals surface area contributed by atoms with Crippen LogP contribution in [0.5, 0.6) is 0 Å². The number of nitrogens with one attached hydrogen (secondary N) is 1. The van der Waals surface area contributed by atoms with E-state index in [4.69, 9.17) is 5.11 Å². The summed E-state index contributed by atoms with van der Waals surface area (Å²) in [4.78, 5) is 30.8. The molecule has 1 aliphatic heterocycles. The van der Waals surface area contributed by atoms with Crippen molar-refractivity contribution in [3.05, 3.63) is 35.0 Å². The summed E-state index contributed by atoms with van der Waals surface area (Å²) in [5, 5.41) is 12.2. The number of aryl methyl sites for hydroxylation is 3. The van der Waals surface area contributed by atoms with Gasteiger partial charge in [-0.1, -0.05) is 0 Å². The number of hydrogen-bond donors (Lipinski definition) is 2. The molecular formula is C18H24N6O2. The smallest absolute Gasteiger partial charge is 0.317 e. The van der Waals surface area contributed by atoms with E-state index in [0.717, 1.165) is 36.5 Å². The molecule has 0 spiro atoms. The summed E-state index contributed by atoms with van der Waals surface area (Å²) in [6.45, 7) is 7.29.